The molecule has 0 fully saturated rings. The first-order valence-corrected chi connectivity index (χ1v) is 8.55. The molecule has 0 saturated carbocycles. The SMILES string of the molecule is CCCCCCCCNC(=O)CCN[C@H](C=O)CC(C)C. The summed E-state index contributed by atoms with van der Waals surface area (Å²) in [5.74, 6) is 0.555. The van der Waals surface area contributed by atoms with E-state index in [9.17, 15) is 9.59 Å². The van der Waals surface area contributed by atoms with Crippen LogP contribution in [0.1, 0.15) is 72.1 Å². The van der Waals surface area contributed by atoms with E-state index in [-0.39, 0.29) is 11.9 Å². The number of carbonyl (C=O) groups excluding carboxylic acids is 2. The van der Waals surface area contributed by atoms with Crippen molar-refractivity contribution < 1.29 is 9.59 Å². The molecule has 0 heterocycles. The summed E-state index contributed by atoms with van der Waals surface area (Å²) < 4.78 is 0. The van der Waals surface area contributed by atoms with Gasteiger partial charge in [-0.15, -0.1) is 0 Å². The molecule has 0 saturated heterocycles. The van der Waals surface area contributed by atoms with E-state index < -0.39 is 0 Å². The van der Waals surface area contributed by atoms with E-state index >= 15 is 0 Å². The number of amides is 1. The highest BCUT2D eigenvalue weighted by atomic mass is 16.1. The summed E-state index contributed by atoms with van der Waals surface area (Å²) in [5.41, 5.74) is 0. The molecule has 124 valence electrons. The predicted molar refractivity (Wildman–Crippen MR) is 88.3 cm³/mol. The van der Waals surface area contributed by atoms with Crippen LogP contribution in [0.3, 0.4) is 0 Å². The Labute approximate surface area is 130 Å². The number of unbranched alkanes of at least 4 members (excludes halogenated alkanes) is 5. The number of carbonyl (C=O) groups is 2. The number of hydrogen-bond acceptors (Lipinski definition) is 3. The highest BCUT2D eigenvalue weighted by Gasteiger charge is 2.09. The van der Waals surface area contributed by atoms with Crippen LogP contribution in [-0.4, -0.2) is 31.3 Å². The molecule has 0 aliphatic heterocycles. The van der Waals surface area contributed by atoms with Crippen molar-refractivity contribution in [2.75, 3.05) is 13.1 Å². The van der Waals surface area contributed by atoms with Gasteiger partial charge in [-0.05, 0) is 18.8 Å². The molecule has 0 unspecified atom stereocenters. The summed E-state index contributed by atoms with van der Waals surface area (Å²) in [6, 6.07) is -0.128. The van der Waals surface area contributed by atoms with E-state index in [0.717, 1.165) is 25.7 Å². The lowest BCUT2D eigenvalue weighted by molar-refractivity contribution is -0.121. The minimum absolute atomic E-state index is 0.0743. The largest absolute Gasteiger partial charge is 0.356 e. The predicted octanol–water partition coefficient (Wildman–Crippen LogP) is 3.06. The molecule has 0 rings (SSSR count). The van der Waals surface area contributed by atoms with Gasteiger partial charge in [0.15, 0.2) is 0 Å². The van der Waals surface area contributed by atoms with Crippen LogP contribution in [0.25, 0.3) is 0 Å². The first-order valence-electron chi connectivity index (χ1n) is 8.55. The van der Waals surface area contributed by atoms with Crippen molar-refractivity contribution in [3.63, 3.8) is 0 Å². The number of rotatable bonds is 14. The zero-order valence-corrected chi connectivity index (χ0v) is 14.1. The summed E-state index contributed by atoms with van der Waals surface area (Å²) in [6.45, 7) is 7.73. The summed E-state index contributed by atoms with van der Waals surface area (Å²) in [6.07, 6.45) is 9.61. The molecule has 0 aromatic carbocycles. The van der Waals surface area contributed by atoms with Crippen LogP contribution in [0.5, 0.6) is 0 Å². The third kappa shape index (κ3) is 13.8. The van der Waals surface area contributed by atoms with Gasteiger partial charge in [-0.1, -0.05) is 52.9 Å². The first kappa shape index (κ1) is 20.1. The fraction of sp³-hybridized carbons (Fsp3) is 0.882. The smallest absolute Gasteiger partial charge is 0.221 e. The summed E-state index contributed by atoms with van der Waals surface area (Å²) in [5, 5.41) is 6.07. The van der Waals surface area contributed by atoms with Gasteiger partial charge in [0.1, 0.15) is 6.29 Å². The second-order valence-electron chi connectivity index (χ2n) is 6.19. The Morgan fingerprint density at radius 3 is 2.33 bits per heavy atom. The lowest BCUT2D eigenvalue weighted by Gasteiger charge is -2.14. The molecular weight excluding hydrogens is 264 g/mol. The van der Waals surface area contributed by atoms with Gasteiger partial charge in [-0.3, -0.25) is 4.79 Å². The van der Waals surface area contributed by atoms with Crippen molar-refractivity contribution in [3.05, 3.63) is 0 Å². The molecule has 1 atom stereocenters. The molecule has 1 amide bonds. The Morgan fingerprint density at radius 2 is 1.71 bits per heavy atom. The van der Waals surface area contributed by atoms with Gasteiger partial charge in [0.05, 0.1) is 6.04 Å². The van der Waals surface area contributed by atoms with Crippen LogP contribution >= 0.6 is 0 Å². The number of aldehydes is 1. The van der Waals surface area contributed by atoms with Gasteiger partial charge >= 0.3 is 0 Å². The number of nitrogens with one attached hydrogen (secondary N) is 2. The summed E-state index contributed by atoms with van der Waals surface area (Å²) >= 11 is 0. The Morgan fingerprint density at radius 1 is 1.05 bits per heavy atom. The van der Waals surface area contributed by atoms with Crippen LogP contribution < -0.4 is 10.6 Å². The Hall–Kier alpha value is -0.900. The molecule has 0 aromatic heterocycles. The average Bonchev–Trinajstić information content (AvgIpc) is 2.44. The average molecular weight is 298 g/mol. The van der Waals surface area contributed by atoms with Crippen molar-refractivity contribution in [2.24, 2.45) is 5.92 Å². The molecular formula is C17H34N2O2. The van der Waals surface area contributed by atoms with Crippen molar-refractivity contribution in [1.29, 1.82) is 0 Å². The third-order valence-corrected chi connectivity index (χ3v) is 3.50. The monoisotopic (exact) mass is 298 g/mol. The molecule has 0 spiro atoms. The van der Waals surface area contributed by atoms with Crippen LogP contribution in [0, 0.1) is 5.92 Å². The maximum absolute atomic E-state index is 11.6. The lowest BCUT2D eigenvalue weighted by Crippen LogP contribution is -2.35. The van der Waals surface area contributed by atoms with Crippen LogP contribution in [0.2, 0.25) is 0 Å². The zero-order valence-electron chi connectivity index (χ0n) is 14.1. The Balaban J connectivity index is 3.47. The lowest BCUT2D eigenvalue weighted by atomic mass is 10.1. The van der Waals surface area contributed by atoms with E-state index in [1.165, 1.54) is 32.1 Å². The Kier molecular flexibility index (Phi) is 13.5. The van der Waals surface area contributed by atoms with E-state index in [0.29, 0.717) is 18.9 Å². The maximum Gasteiger partial charge on any atom is 0.221 e. The van der Waals surface area contributed by atoms with Crippen molar-refractivity contribution >= 4 is 12.2 Å². The number of hydrogen-bond donors (Lipinski definition) is 2. The highest BCUT2D eigenvalue weighted by molar-refractivity contribution is 5.76. The quantitative estimate of drug-likeness (QED) is 0.383. The minimum Gasteiger partial charge on any atom is -0.356 e. The summed E-state index contributed by atoms with van der Waals surface area (Å²) in [7, 11) is 0. The van der Waals surface area contributed by atoms with Gasteiger partial charge in [0, 0.05) is 19.5 Å². The second kappa shape index (κ2) is 14.1. The normalized spacial score (nSPS) is 12.4. The van der Waals surface area contributed by atoms with Gasteiger partial charge in [0.2, 0.25) is 5.91 Å². The fourth-order valence-corrected chi connectivity index (χ4v) is 2.29. The molecule has 2 N–H and O–H groups in total. The van der Waals surface area contributed by atoms with E-state index in [1.54, 1.807) is 0 Å². The molecule has 4 heteroatoms. The first-order chi connectivity index (χ1) is 10.1. The third-order valence-electron chi connectivity index (χ3n) is 3.50. The van der Waals surface area contributed by atoms with Crippen LogP contribution in [0.15, 0.2) is 0 Å². The van der Waals surface area contributed by atoms with E-state index in [4.69, 9.17) is 0 Å². The van der Waals surface area contributed by atoms with Crippen molar-refractivity contribution in [2.45, 2.75) is 78.2 Å². The van der Waals surface area contributed by atoms with Gasteiger partial charge in [0.25, 0.3) is 0 Å². The molecule has 0 aromatic rings. The van der Waals surface area contributed by atoms with Crippen molar-refractivity contribution in [3.8, 4) is 0 Å². The standard InChI is InChI=1S/C17H34N2O2/c1-4-5-6-7-8-9-11-19-17(21)10-12-18-16(14-20)13-15(2)3/h14-16,18H,4-13H2,1-3H3,(H,19,21)/t16-/m0/s1. The maximum atomic E-state index is 11.6. The van der Waals surface area contributed by atoms with Gasteiger partial charge < -0.3 is 15.4 Å². The van der Waals surface area contributed by atoms with Gasteiger partial charge in [-0.25, -0.2) is 0 Å². The molecule has 0 aliphatic carbocycles. The molecule has 0 aliphatic rings. The molecule has 4 nitrogen and oxygen atoms in total. The zero-order chi connectivity index (χ0) is 15.9. The topological polar surface area (TPSA) is 58.2 Å². The fourth-order valence-electron chi connectivity index (χ4n) is 2.29. The molecule has 0 bridgehead atoms. The van der Waals surface area contributed by atoms with Crippen LogP contribution in [0.4, 0.5) is 0 Å². The summed E-state index contributed by atoms with van der Waals surface area (Å²) in [4.78, 5) is 22.5. The van der Waals surface area contributed by atoms with E-state index in [2.05, 4.69) is 31.4 Å². The second-order valence-corrected chi connectivity index (χ2v) is 6.19. The van der Waals surface area contributed by atoms with E-state index in [1.807, 2.05) is 0 Å². The minimum atomic E-state index is -0.128. The van der Waals surface area contributed by atoms with Gasteiger partial charge in [-0.2, -0.15) is 0 Å². The van der Waals surface area contributed by atoms with Crippen LogP contribution in [-0.2, 0) is 9.59 Å². The Bertz CT molecular complexity index is 268. The highest BCUT2D eigenvalue weighted by Crippen LogP contribution is 2.04. The van der Waals surface area contributed by atoms with Crippen molar-refractivity contribution in [1.82, 2.24) is 10.6 Å². The molecule has 21 heavy (non-hydrogen) atoms. The molecule has 0 radical (unpaired) electrons.